The van der Waals surface area contributed by atoms with Crippen molar-refractivity contribution in [1.82, 2.24) is 4.40 Å². The Morgan fingerprint density at radius 1 is 0.781 bits per heavy atom. The van der Waals surface area contributed by atoms with Crippen molar-refractivity contribution in [2.45, 2.75) is 6.61 Å². The van der Waals surface area contributed by atoms with Crippen molar-refractivity contribution in [2.24, 2.45) is 0 Å². The van der Waals surface area contributed by atoms with Gasteiger partial charge in [0.1, 0.15) is 24.0 Å². The molecule has 0 aliphatic heterocycles. The summed E-state index contributed by atoms with van der Waals surface area (Å²) in [6.45, 7) is 0.258. The van der Waals surface area contributed by atoms with Gasteiger partial charge in [-0.3, -0.25) is 0 Å². The molecule has 0 aliphatic carbocycles. The van der Waals surface area contributed by atoms with Crippen LogP contribution in [0.25, 0.3) is 27.9 Å². The lowest BCUT2D eigenvalue weighted by molar-refractivity contribution is 0.311. The SMILES string of the molecule is N#Cc1cccn2c(-c3ccccc3)c(-c3ccccc3)c(OCc3ccc(F)cc3)c12. The molecule has 0 spiro atoms. The third-order valence-corrected chi connectivity index (χ3v) is 5.44. The van der Waals surface area contributed by atoms with E-state index in [0.717, 1.165) is 33.5 Å². The summed E-state index contributed by atoms with van der Waals surface area (Å²) in [6.07, 6.45) is 1.95. The molecule has 0 unspecified atom stereocenters. The molecule has 0 bridgehead atoms. The third kappa shape index (κ3) is 3.51. The maximum atomic E-state index is 13.4. The molecule has 2 aromatic heterocycles. The summed E-state index contributed by atoms with van der Waals surface area (Å²) in [5, 5.41) is 9.86. The van der Waals surface area contributed by atoms with E-state index >= 15 is 0 Å². The Balaban J connectivity index is 1.79. The predicted molar refractivity (Wildman–Crippen MR) is 124 cm³/mol. The minimum atomic E-state index is -0.286. The number of nitriles is 1. The first-order chi connectivity index (χ1) is 15.8. The lowest BCUT2D eigenvalue weighted by atomic mass is 10.0. The Labute approximate surface area is 185 Å². The minimum absolute atomic E-state index is 0.258. The molecule has 0 radical (unpaired) electrons. The molecule has 32 heavy (non-hydrogen) atoms. The Bertz CT molecular complexity index is 1420. The molecule has 0 N–H and O–H groups in total. The average Bonchev–Trinajstić information content (AvgIpc) is 3.19. The second-order valence-corrected chi connectivity index (χ2v) is 7.45. The van der Waals surface area contributed by atoms with Gasteiger partial charge in [-0.15, -0.1) is 0 Å². The van der Waals surface area contributed by atoms with Crippen LogP contribution in [0.1, 0.15) is 11.1 Å². The van der Waals surface area contributed by atoms with Gasteiger partial charge in [0.15, 0.2) is 5.75 Å². The van der Waals surface area contributed by atoms with Crippen LogP contribution in [0.2, 0.25) is 0 Å². The smallest absolute Gasteiger partial charge is 0.155 e. The summed E-state index contributed by atoms with van der Waals surface area (Å²) < 4.78 is 21.8. The van der Waals surface area contributed by atoms with E-state index in [2.05, 4.69) is 18.2 Å². The summed E-state index contributed by atoms with van der Waals surface area (Å²) >= 11 is 0. The molecule has 3 aromatic carbocycles. The van der Waals surface area contributed by atoms with Gasteiger partial charge in [0, 0.05) is 6.20 Å². The van der Waals surface area contributed by atoms with Crippen LogP contribution >= 0.6 is 0 Å². The van der Waals surface area contributed by atoms with Crippen molar-refractivity contribution in [3.63, 3.8) is 0 Å². The van der Waals surface area contributed by atoms with Crippen LogP contribution in [-0.2, 0) is 6.61 Å². The fraction of sp³-hybridized carbons (Fsp3) is 0.0357. The molecule has 0 aliphatic rings. The zero-order chi connectivity index (χ0) is 21.9. The van der Waals surface area contributed by atoms with E-state index in [1.165, 1.54) is 12.1 Å². The highest BCUT2D eigenvalue weighted by molar-refractivity contribution is 5.95. The Morgan fingerprint density at radius 3 is 2.09 bits per heavy atom. The zero-order valence-electron chi connectivity index (χ0n) is 17.2. The standard InChI is InChI=1S/C28H19FN2O/c29-24-15-13-20(14-16-24)19-32-28-25(21-8-3-1-4-9-21)26(22-10-5-2-6-11-22)31-17-7-12-23(18-30)27(28)31/h1-17H,19H2. The van der Waals surface area contributed by atoms with E-state index in [0.29, 0.717) is 11.3 Å². The van der Waals surface area contributed by atoms with Crippen LogP contribution in [0.4, 0.5) is 4.39 Å². The topological polar surface area (TPSA) is 37.4 Å². The number of ether oxygens (including phenoxy) is 1. The monoisotopic (exact) mass is 418 g/mol. The highest BCUT2D eigenvalue weighted by atomic mass is 19.1. The van der Waals surface area contributed by atoms with Crippen molar-refractivity contribution in [3.8, 4) is 34.2 Å². The van der Waals surface area contributed by atoms with E-state index in [-0.39, 0.29) is 12.4 Å². The van der Waals surface area contributed by atoms with E-state index in [9.17, 15) is 9.65 Å². The summed E-state index contributed by atoms with van der Waals surface area (Å²) in [5.41, 5.74) is 5.98. The van der Waals surface area contributed by atoms with Gasteiger partial charge in [0.2, 0.25) is 0 Å². The van der Waals surface area contributed by atoms with Gasteiger partial charge in [-0.1, -0.05) is 72.8 Å². The van der Waals surface area contributed by atoms with Crippen molar-refractivity contribution >= 4 is 5.52 Å². The third-order valence-electron chi connectivity index (χ3n) is 5.44. The van der Waals surface area contributed by atoms with Crippen LogP contribution in [0.3, 0.4) is 0 Å². The van der Waals surface area contributed by atoms with Crippen molar-refractivity contribution < 1.29 is 9.13 Å². The molecule has 0 atom stereocenters. The lowest BCUT2D eigenvalue weighted by Crippen LogP contribution is -1.97. The summed E-state index contributed by atoms with van der Waals surface area (Å²) in [4.78, 5) is 0. The highest BCUT2D eigenvalue weighted by Crippen LogP contribution is 2.45. The second-order valence-electron chi connectivity index (χ2n) is 7.45. The van der Waals surface area contributed by atoms with Crippen LogP contribution < -0.4 is 4.74 Å². The molecule has 2 heterocycles. The molecule has 154 valence electrons. The average molecular weight is 418 g/mol. The van der Waals surface area contributed by atoms with E-state index < -0.39 is 0 Å². The van der Waals surface area contributed by atoms with Crippen LogP contribution in [-0.4, -0.2) is 4.40 Å². The van der Waals surface area contributed by atoms with Crippen molar-refractivity contribution in [2.75, 3.05) is 0 Å². The quantitative estimate of drug-likeness (QED) is 0.313. The molecule has 5 aromatic rings. The summed E-state index contributed by atoms with van der Waals surface area (Å²) in [7, 11) is 0. The van der Waals surface area contributed by atoms with Gasteiger partial charge in [0.05, 0.1) is 16.8 Å². The molecule has 0 fully saturated rings. The molecular formula is C28H19FN2O. The summed E-state index contributed by atoms with van der Waals surface area (Å²) in [6, 6.07) is 32.3. The zero-order valence-corrected chi connectivity index (χ0v) is 17.2. The molecular weight excluding hydrogens is 399 g/mol. The van der Waals surface area contributed by atoms with E-state index in [1.807, 2.05) is 65.2 Å². The predicted octanol–water partition coefficient (Wildman–Crippen LogP) is 6.86. The number of nitrogens with zero attached hydrogens (tertiary/aromatic N) is 2. The molecule has 3 nitrogen and oxygen atoms in total. The van der Waals surface area contributed by atoms with Gasteiger partial charge in [0.25, 0.3) is 0 Å². The fourth-order valence-electron chi connectivity index (χ4n) is 3.99. The number of hydrogen-bond donors (Lipinski definition) is 0. The molecule has 5 rings (SSSR count). The lowest BCUT2D eigenvalue weighted by Gasteiger charge is -2.11. The Morgan fingerprint density at radius 2 is 1.44 bits per heavy atom. The second kappa shape index (κ2) is 8.41. The van der Waals surface area contributed by atoms with Gasteiger partial charge >= 0.3 is 0 Å². The number of benzene rings is 3. The van der Waals surface area contributed by atoms with E-state index in [4.69, 9.17) is 4.74 Å². The van der Waals surface area contributed by atoms with Crippen molar-refractivity contribution in [3.05, 3.63) is 120 Å². The highest BCUT2D eigenvalue weighted by Gasteiger charge is 2.24. The maximum Gasteiger partial charge on any atom is 0.155 e. The number of hydrogen-bond acceptors (Lipinski definition) is 2. The first kappa shape index (κ1) is 19.6. The van der Waals surface area contributed by atoms with Gasteiger partial charge in [-0.25, -0.2) is 4.39 Å². The Hall–Kier alpha value is -4.36. The van der Waals surface area contributed by atoms with Gasteiger partial charge < -0.3 is 9.14 Å². The van der Waals surface area contributed by atoms with Crippen LogP contribution in [0.5, 0.6) is 5.75 Å². The van der Waals surface area contributed by atoms with Gasteiger partial charge in [-0.05, 0) is 41.0 Å². The number of aromatic nitrogens is 1. The normalized spacial score (nSPS) is 10.8. The number of halogens is 1. The molecule has 0 amide bonds. The minimum Gasteiger partial charge on any atom is -0.486 e. The summed E-state index contributed by atoms with van der Waals surface area (Å²) in [5.74, 6) is 0.350. The largest absolute Gasteiger partial charge is 0.486 e. The molecule has 0 saturated carbocycles. The van der Waals surface area contributed by atoms with Crippen LogP contribution in [0, 0.1) is 17.1 Å². The first-order valence-electron chi connectivity index (χ1n) is 10.3. The van der Waals surface area contributed by atoms with Crippen LogP contribution in [0.15, 0.2) is 103 Å². The Kier molecular flexibility index (Phi) is 5.15. The molecule has 0 saturated heterocycles. The van der Waals surface area contributed by atoms with Gasteiger partial charge in [-0.2, -0.15) is 5.26 Å². The van der Waals surface area contributed by atoms with Crippen molar-refractivity contribution in [1.29, 1.82) is 5.26 Å². The molecule has 4 heteroatoms. The maximum absolute atomic E-state index is 13.4. The first-order valence-corrected chi connectivity index (χ1v) is 10.3. The number of pyridine rings is 1. The number of fused-ring (bicyclic) bond motifs is 1. The number of rotatable bonds is 5. The van der Waals surface area contributed by atoms with E-state index in [1.54, 1.807) is 18.2 Å². The fourth-order valence-corrected chi connectivity index (χ4v) is 3.99.